The van der Waals surface area contributed by atoms with Gasteiger partial charge < -0.3 is 18.9 Å². The minimum absolute atomic E-state index is 0.000548. The van der Waals surface area contributed by atoms with Crippen LogP contribution in [0.1, 0.15) is 142 Å². The topological polar surface area (TPSA) is 142 Å². The van der Waals surface area contributed by atoms with Crippen LogP contribution in [0.3, 0.4) is 0 Å². The average Bonchev–Trinajstić information content (AvgIpc) is 3.02. The number of hydrogen-bond donors (Lipinski definition) is 1. The lowest BCUT2D eigenvalue weighted by Gasteiger charge is -2.24. The number of likely N-dealkylation sites (N-methyl/N-ethyl adjacent to an activating group) is 1. The number of ether oxygens (including phenoxy) is 2. The molecular formula is C36H67NO10P+. The van der Waals surface area contributed by atoms with Crippen LogP contribution in [0.2, 0.25) is 0 Å². The van der Waals surface area contributed by atoms with Gasteiger partial charge in [-0.3, -0.25) is 28.2 Å². The second-order valence-electron chi connectivity index (χ2n) is 13.6. The molecule has 0 aromatic carbocycles. The van der Waals surface area contributed by atoms with Crippen LogP contribution in [0, 0.1) is 0 Å². The number of allylic oxidation sites excluding steroid dienone is 2. The predicted octanol–water partition coefficient (Wildman–Crippen LogP) is 7.82. The SMILES string of the molecule is CCCCCCCCCCCCCCCC(=O)OCC(COP(=O)(O)OCC[N+](C)(C)C)OC(=O)CCCCCCCC(=O)C=CC=O. The second kappa shape index (κ2) is 30.0. The van der Waals surface area contributed by atoms with Gasteiger partial charge in [-0.15, -0.1) is 0 Å². The highest BCUT2D eigenvalue weighted by atomic mass is 31.2. The number of quaternary nitrogens is 1. The second-order valence-corrected chi connectivity index (χ2v) is 15.1. The minimum atomic E-state index is -4.41. The highest BCUT2D eigenvalue weighted by Gasteiger charge is 2.27. The number of phosphoric ester groups is 1. The zero-order valence-electron chi connectivity index (χ0n) is 30.5. The molecule has 0 aliphatic heterocycles. The Hall–Kier alpha value is -1.91. The van der Waals surface area contributed by atoms with E-state index in [4.69, 9.17) is 18.5 Å². The van der Waals surface area contributed by atoms with Gasteiger partial charge in [0.1, 0.15) is 26.0 Å². The summed E-state index contributed by atoms with van der Waals surface area (Å²) in [5.41, 5.74) is 0. The Labute approximate surface area is 290 Å². The largest absolute Gasteiger partial charge is 0.472 e. The number of ketones is 1. The van der Waals surface area contributed by atoms with E-state index in [9.17, 15) is 28.6 Å². The molecule has 2 unspecified atom stereocenters. The van der Waals surface area contributed by atoms with Crippen molar-refractivity contribution >= 4 is 31.8 Å². The van der Waals surface area contributed by atoms with E-state index in [-0.39, 0.29) is 31.8 Å². The Morgan fingerprint density at radius 1 is 0.688 bits per heavy atom. The minimum Gasteiger partial charge on any atom is -0.462 e. The molecule has 0 aliphatic rings. The Morgan fingerprint density at radius 2 is 1.17 bits per heavy atom. The molecule has 0 aromatic heterocycles. The van der Waals surface area contributed by atoms with Gasteiger partial charge in [-0.2, -0.15) is 0 Å². The Morgan fingerprint density at radius 3 is 1.67 bits per heavy atom. The van der Waals surface area contributed by atoms with E-state index in [0.717, 1.165) is 38.5 Å². The number of hydrogen-bond acceptors (Lipinski definition) is 9. The van der Waals surface area contributed by atoms with Crippen molar-refractivity contribution in [2.45, 2.75) is 148 Å². The number of aldehydes is 1. The molecule has 0 aromatic rings. The van der Waals surface area contributed by atoms with Gasteiger partial charge in [-0.1, -0.05) is 103 Å². The monoisotopic (exact) mass is 704 g/mol. The van der Waals surface area contributed by atoms with Gasteiger partial charge in [0.05, 0.1) is 27.7 Å². The molecule has 0 aliphatic carbocycles. The fourth-order valence-electron chi connectivity index (χ4n) is 4.88. The lowest BCUT2D eigenvalue weighted by Crippen LogP contribution is -2.37. The summed E-state index contributed by atoms with van der Waals surface area (Å²) in [6.07, 6.45) is 22.1. The summed E-state index contributed by atoms with van der Waals surface area (Å²) in [5.74, 6) is -1.02. The van der Waals surface area contributed by atoms with E-state index >= 15 is 0 Å². The third-order valence-electron chi connectivity index (χ3n) is 7.82. The molecular weight excluding hydrogens is 637 g/mol. The van der Waals surface area contributed by atoms with E-state index in [1.807, 2.05) is 21.1 Å². The van der Waals surface area contributed by atoms with Gasteiger partial charge in [0.2, 0.25) is 0 Å². The van der Waals surface area contributed by atoms with Gasteiger partial charge in [0, 0.05) is 19.3 Å². The summed E-state index contributed by atoms with van der Waals surface area (Å²) < 4.78 is 33.9. The summed E-state index contributed by atoms with van der Waals surface area (Å²) in [7, 11) is 1.36. The molecule has 0 amide bonds. The lowest BCUT2D eigenvalue weighted by atomic mass is 10.0. The average molecular weight is 705 g/mol. The van der Waals surface area contributed by atoms with Crippen LogP contribution in [0.15, 0.2) is 12.2 Å². The van der Waals surface area contributed by atoms with Crippen molar-refractivity contribution in [3.63, 3.8) is 0 Å². The third-order valence-corrected chi connectivity index (χ3v) is 8.80. The molecule has 0 rings (SSSR count). The molecule has 0 fully saturated rings. The zero-order valence-corrected chi connectivity index (χ0v) is 31.4. The number of carbonyl (C=O) groups excluding carboxylic acids is 4. The molecule has 280 valence electrons. The quantitative estimate of drug-likeness (QED) is 0.0176. The van der Waals surface area contributed by atoms with Crippen molar-refractivity contribution < 1.29 is 51.6 Å². The fourth-order valence-corrected chi connectivity index (χ4v) is 5.62. The van der Waals surface area contributed by atoms with Gasteiger partial charge in [0.25, 0.3) is 0 Å². The molecule has 2 atom stereocenters. The number of unbranched alkanes of at least 4 members (excludes halogenated alkanes) is 16. The smallest absolute Gasteiger partial charge is 0.462 e. The van der Waals surface area contributed by atoms with Crippen LogP contribution in [-0.4, -0.2) is 87.0 Å². The van der Waals surface area contributed by atoms with Crippen LogP contribution in [0.4, 0.5) is 0 Å². The van der Waals surface area contributed by atoms with Crippen molar-refractivity contribution in [3.8, 4) is 0 Å². The highest BCUT2D eigenvalue weighted by molar-refractivity contribution is 7.47. The van der Waals surface area contributed by atoms with Crippen molar-refractivity contribution in [2.24, 2.45) is 0 Å². The third kappa shape index (κ3) is 32.6. The van der Waals surface area contributed by atoms with Crippen LogP contribution in [-0.2, 0) is 42.3 Å². The molecule has 0 saturated carbocycles. The Bertz CT molecular complexity index is 934. The Kier molecular flexibility index (Phi) is 28.8. The van der Waals surface area contributed by atoms with Gasteiger partial charge >= 0.3 is 19.8 Å². The molecule has 0 spiro atoms. The van der Waals surface area contributed by atoms with E-state index in [1.54, 1.807) is 0 Å². The number of carbonyl (C=O) groups is 4. The van der Waals surface area contributed by atoms with Crippen LogP contribution >= 0.6 is 7.82 Å². The molecule has 48 heavy (non-hydrogen) atoms. The van der Waals surface area contributed by atoms with Gasteiger partial charge in [0.15, 0.2) is 11.9 Å². The number of esters is 2. The molecule has 12 heteroatoms. The summed E-state index contributed by atoms with van der Waals surface area (Å²) in [4.78, 5) is 56.8. The normalized spacial score (nSPS) is 13.7. The zero-order chi connectivity index (χ0) is 35.9. The van der Waals surface area contributed by atoms with Crippen LogP contribution < -0.4 is 0 Å². The van der Waals surface area contributed by atoms with Crippen molar-refractivity contribution in [2.75, 3.05) is 47.5 Å². The van der Waals surface area contributed by atoms with Gasteiger partial charge in [-0.25, -0.2) is 4.57 Å². The summed E-state index contributed by atoms with van der Waals surface area (Å²) >= 11 is 0. The molecule has 11 nitrogen and oxygen atoms in total. The fraction of sp³-hybridized carbons (Fsp3) is 0.833. The maximum Gasteiger partial charge on any atom is 0.472 e. The first-order chi connectivity index (χ1) is 22.9. The molecule has 0 radical (unpaired) electrons. The summed E-state index contributed by atoms with van der Waals surface area (Å²) in [6, 6.07) is 0. The highest BCUT2D eigenvalue weighted by Crippen LogP contribution is 2.43. The Balaban J connectivity index is 4.47. The maximum atomic E-state index is 12.5. The van der Waals surface area contributed by atoms with E-state index in [1.165, 1.54) is 69.9 Å². The van der Waals surface area contributed by atoms with E-state index in [0.29, 0.717) is 43.0 Å². The van der Waals surface area contributed by atoms with Gasteiger partial charge in [-0.05, 0) is 31.4 Å². The number of nitrogens with zero attached hydrogens (tertiary/aromatic N) is 1. The standard InChI is InChI=1S/C36H66NO10P/c1-5-6-7-8-9-10-11-12-13-14-15-18-21-26-35(40)44-31-34(32-46-48(42,43)45-30-28-37(2,3)4)47-36(41)27-22-19-16-17-20-24-33(39)25-23-29-38/h23,25,29,34H,5-22,24,26-28,30-32H2,1-4H3/p+1. The first-order valence-corrected chi connectivity index (χ1v) is 19.8. The van der Waals surface area contributed by atoms with Crippen molar-refractivity contribution in [1.29, 1.82) is 0 Å². The summed E-state index contributed by atoms with van der Waals surface area (Å²) in [5, 5.41) is 0. The predicted molar refractivity (Wildman–Crippen MR) is 188 cm³/mol. The van der Waals surface area contributed by atoms with Crippen molar-refractivity contribution in [1.82, 2.24) is 0 Å². The first kappa shape index (κ1) is 46.1. The molecule has 1 N–H and O–H groups in total. The number of rotatable bonds is 34. The maximum absolute atomic E-state index is 12.5. The van der Waals surface area contributed by atoms with Crippen molar-refractivity contribution in [3.05, 3.63) is 12.2 Å². The lowest BCUT2D eigenvalue weighted by molar-refractivity contribution is -0.870. The molecule has 0 saturated heterocycles. The van der Waals surface area contributed by atoms with E-state index in [2.05, 4.69) is 6.92 Å². The molecule has 0 heterocycles. The first-order valence-electron chi connectivity index (χ1n) is 18.3. The van der Waals surface area contributed by atoms with Crippen LogP contribution in [0.5, 0.6) is 0 Å². The van der Waals surface area contributed by atoms with Crippen LogP contribution in [0.25, 0.3) is 0 Å². The number of phosphoric acid groups is 1. The summed E-state index contributed by atoms with van der Waals surface area (Å²) in [6.45, 7) is 1.98. The molecule has 0 bridgehead atoms. The van der Waals surface area contributed by atoms with E-state index < -0.39 is 32.5 Å².